The van der Waals surface area contributed by atoms with E-state index in [9.17, 15) is 9.90 Å². The molecule has 0 amide bonds. The molecule has 10 rings (SSSR count). The maximum atomic E-state index is 13.1. The number of allylic oxidation sites excluding steroid dienone is 1. The summed E-state index contributed by atoms with van der Waals surface area (Å²) in [5.74, 6) is 4.62. The fraction of sp³-hybridized carbons (Fsp3) is 0.100. The number of aliphatic carboxylic acids is 1. The van der Waals surface area contributed by atoms with E-state index >= 15 is 0 Å². The minimum absolute atomic E-state index is 0.204. The van der Waals surface area contributed by atoms with Crippen molar-refractivity contribution < 1.29 is 9.90 Å². The highest BCUT2D eigenvalue weighted by Gasteiger charge is 2.37. The monoisotopic (exact) mass is 681 g/mol. The standard InChI is InChI=1S/C50H35NO2/c1-5-6-12-30-19-22-34-35-23-20-32(28-43(35)50(3,4)42(34)26-30)46-38-16-9-7-14-36(38)45(37-15-8-10-17-39(37)46)31-21-24-44-41(27-31)47(49(52)53)40-18-11-13-33-25-29(2)51(44)48(33)40/h5,7-11,13-28,47H,1H2,2-4H3,(H,52,53). The highest BCUT2D eigenvalue weighted by molar-refractivity contribution is 6.21. The molecule has 7 aromatic carbocycles. The summed E-state index contributed by atoms with van der Waals surface area (Å²) in [6.45, 7) is 10.5. The summed E-state index contributed by atoms with van der Waals surface area (Å²) in [6, 6.07) is 45.4. The minimum Gasteiger partial charge on any atom is -0.481 e. The molecule has 3 heteroatoms. The largest absolute Gasteiger partial charge is 0.481 e. The number of aromatic nitrogens is 1. The predicted molar refractivity (Wildman–Crippen MR) is 218 cm³/mol. The number of hydrogen-bond acceptors (Lipinski definition) is 1. The Balaban J connectivity index is 1.19. The van der Waals surface area contributed by atoms with E-state index < -0.39 is 11.9 Å². The van der Waals surface area contributed by atoms with Gasteiger partial charge in [0, 0.05) is 22.1 Å². The first-order valence-corrected chi connectivity index (χ1v) is 18.1. The van der Waals surface area contributed by atoms with Crippen LogP contribution in [0.2, 0.25) is 0 Å². The fourth-order valence-corrected chi connectivity index (χ4v) is 9.40. The molecule has 3 nitrogen and oxygen atoms in total. The molecule has 1 aliphatic heterocycles. The number of para-hydroxylation sites is 1. The third-order valence-corrected chi connectivity index (χ3v) is 11.7. The normalized spacial score (nSPS) is 14.7. The van der Waals surface area contributed by atoms with Crippen LogP contribution in [0, 0.1) is 18.8 Å². The topological polar surface area (TPSA) is 42.2 Å². The summed E-state index contributed by atoms with van der Waals surface area (Å²) in [5, 5.41) is 16.4. The van der Waals surface area contributed by atoms with Crippen LogP contribution in [0.15, 0.2) is 140 Å². The van der Waals surface area contributed by atoms with E-state index in [1.54, 1.807) is 6.08 Å². The molecule has 0 saturated heterocycles. The summed E-state index contributed by atoms with van der Waals surface area (Å²) in [7, 11) is 0. The van der Waals surface area contributed by atoms with Gasteiger partial charge in [0.05, 0.1) is 11.2 Å². The molecule has 1 aliphatic carbocycles. The zero-order valence-electron chi connectivity index (χ0n) is 29.8. The van der Waals surface area contributed by atoms with Crippen LogP contribution in [0.4, 0.5) is 0 Å². The van der Waals surface area contributed by atoms with Crippen LogP contribution < -0.4 is 0 Å². The third-order valence-electron chi connectivity index (χ3n) is 11.7. The van der Waals surface area contributed by atoms with Crippen molar-refractivity contribution >= 4 is 38.4 Å². The summed E-state index contributed by atoms with van der Waals surface area (Å²) in [5.41, 5.74) is 15.1. The van der Waals surface area contributed by atoms with E-state index in [4.69, 9.17) is 0 Å². The van der Waals surface area contributed by atoms with Crippen LogP contribution in [-0.4, -0.2) is 15.6 Å². The molecule has 0 bridgehead atoms. The fourth-order valence-electron chi connectivity index (χ4n) is 9.40. The number of hydrogen-bond donors (Lipinski definition) is 1. The first-order chi connectivity index (χ1) is 25.8. The summed E-state index contributed by atoms with van der Waals surface area (Å²) < 4.78 is 2.23. The maximum Gasteiger partial charge on any atom is 0.315 e. The van der Waals surface area contributed by atoms with E-state index in [1.807, 2.05) is 12.1 Å². The van der Waals surface area contributed by atoms with Crippen molar-refractivity contribution in [3.05, 3.63) is 174 Å². The zero-order valence-corrected chi connectivity index (χ0v) is 29.8. The number of carbonyl (C=O) groups is 1. The molecule has 2 heterocycles. The third kappa shape index (κ3) is 4.33. The highest BCUT2D eigenvalue weighted by atomic mass is 16.4. The van der Waals surface area contributed by atoms with E-state index in [-0.39, 0.29) is 5.41 Å². The average Bonchev–Trinajstić information content (AvgIpc) is 3.62. The van der Waals surface area contributed by atoms with Crippen molar-refractivity contribution in [2.75, 3.05) is 0 Å². The van der Waals surface area contributed by atoms with Crippen molar-refractivity contribution in [2.24, 2.45) is 0 Å². The van der Waals surface area contributed by atoms with Gasteiger partial charge in [-0.25, -0.2) is 0 Å². The summed E-state index contributed by atoms with van der Waals surface area (Å²) >= 11 is 0. The molecule has 2 aliphatic rings. The molecule has 53 heavy (non-hydrogen) atoms. The summed E-state index contributed by atoms with van der Waals surface area (Å²) in [4.78, 5) is 13.1. The van der Waals surface area contributed by atoms with Gasteiger partial charge in [0.15, 0.2) is 0 Å². The van der Waals surface area contributed by atoms with Crippen LogP contribution in [0.3, 0.4) is 0 Å². The minimum atomic E-state index is -0.839. The Kier molecular flexibility index (Phi) is 6.57. The second kappa shape index (κ2) is 11.2. The lowest BCUT2D eigenvalue weighted by molar-refractivity contribution is -0.137. The van der Waals surface area contributed by atoms with Crippen molar-refractivity contribution in [2.45, 2.75) is 32.1 Å². The van der Waals surface area contributed by atoms with Crippen LogP contribution >= 0.6 is 0 Å². The molecule has 1 atom stereocenters. The van der Waals surface area contributed by atoms with Gasteiger partial charge >= 0.3 is 5.97 Å². The number of aryl methyl sites for hydroxylation is 1. The van der Waals surface area contributed by atoms with Gasteiger partial charge in [0.1, 0.15) is 5.92 Å². The Hall–Kier alpha value is -6.63. The number of carboxylic acids is 1. The molecule has 0 saturated carbocycles. The molecule has 0 spiro atoms. The molecule has 0 fully saturated rings. The zero-order chi connectivity index (χ0) is 36.2. The van der Waals surface area contributed by atoms with E-state index in [0.717, 1.165) is 71.6 Å². The van der Waals surface area contributed by atoms with E-state index in [0.29, 0.717) is 0 Å². The van der Waals surface area contributed by atoms with Gasteiger partial charge < -0.3 is 9.67 Å². The molecule has 1 N–H and O–H groups in total. The van der Waals surface area contributed by atoms with Gasteiger partial charge in [-0.15, -0.1) is 0 Å². The molecule has 252 valence electrons. The Bertz CT molecular complexity index is 2940. The van der Waals surface area contributed by atoms with Gasteiger partial charge in [-0.05, 0) is 127 Å². The average molecular weight is 682 g/mol. The van der Waals surface area contributed by atoms with Crippen LogP contribution in [0.1, 0.15) is 53.3 Å². The number of carboxylic acid groups (broad SMARTS) is 1. The Morgan fingerprint density at radius 2 is 1.32 bits per heavy atom. The molecule has 1 aromatic heterocycles. The highest BCUT2D eigenvalue weighted by Crippen LogP contribution is 2.52. The maximum absolute atomic E-state index is 13.1. The number of rotatable bonds is 3. The van der Waals surface area contributed by atoms with Crippen LogP contribution in [0.25, 0.3) is 71.5 Å². The number of fused-ring (bicyclic) bond motifs is 7. The first kappa shape index (κ1) is 31.1. The van der Waals surface area contributed by atoms with Crippen LogP contribution in [0.5, 0.6) is 0 Å². The SMILES string of the molecule is C=CC#Cc1ccc2c(c1)C(C)(C)c1cc(-c3c4ccccc4c(-c4ccc5c(c4)C(C(=O)O)c4cccc6cc(C)n-5c46)c4ccccc34)ccc1-2. The van der Waals surface area contributed by atoms with Crippen molar-refractivity contribution in [3.63, 3.8) is 0 Å². The second-order valence-electron chi connectivity index (χ2n) is 14.9. The van der Waals surface area contributed by atoms with Gasteiger partial charge in [-0.1, -0.05) is 123 Å². The van der Waals surface area contributed by atoms with Gasteiger partial charge in [-0.3, -0.25) is 4.79 Å². The molecular weight excluding hydrogens is 647 g/mol. The van der Waals surface area contributed by atoms with Gasteiger partial charge in [0.25, 0.3) is 0 Å². The van der Waals surface area contributed by atoms with Gasteiger partial charge in [-0.2, -0.15) is 0 Å². The van der Waals surface area contributed by atoms with Crippen LogP contribution in [-0.2, 0) is 10.2 Å². The predicted octanol–water partition coefficient (Wildman–Crippen LogP) is 12.0. The molecular formula is C50H35NO2. The summed E-state index contributed by atoms with van der Waals surface area (Å²) in [6.07, 6.45) is 1.64. The number of benzene rings is 7. The lowest BCUT2D eigenvalue weighted by Gasteiger charge is -2.27. The van der Waals surface area contributed by atoms with Crippen molar-refractivity contribution in [1.82, 2.24) is 4.57 Å². The van der Waals surface area contributed by atoms with Gasteiger partial charge in [0.2, 0.25) is 0 Å². The van der Waals surface area contributed by atoms with E-state index in [1.165, 1.54) is 33.4 Å². The molecule has 8 aromatic rings. The Morgan fingerprint density at radius 1 is 0.717 bits per heavy atom. The Morgan fingerprint density at radius 3 is 1.96 bits per heavy atom. The van der Waals surface area contributed by atoms with E-state index in [2.05, 4.69) is 159 Å². The molecule has 1 unspecified atom stereocenters. The number of nitrogens with zero attached hydrogens (tertiary/aromatic N) is 1. The smallest absolute Gasteiger partial charge is 0.315 e. The van der Waals surface area contributed by atoms with Crippen molar-refractivity contribution in [1.29, 1.82) is 0 Å². The Labute approximate surface area is 308 Å². The lowest BCUT2D eigenvalue weighted by Crippen LogP contribution is -2.21. The second-order valence-corrected chi connectivity index (χ2v) is 14.9. The molecule has 0 radical (unpaired) electrons. The van der Waals surface area contributed by atoms with Crippen molar-refractivity contribution in [3.8, 4) is 50.9 Å². The lowest BCUT2D eigenvalue weighted by atomic mass is 9.80. The first-order valence-electron chi connectivity index (χ1n) is 18.1. The quantitative estimate of drug-likeness (QED) is 0.149.